The number of fused-ring (bicyclic) bond motifs is 4. The number of halogens is 1. The third-order valence-electron chi connectivity index (χ3n) is 6.25. The Morgan fingerprint density at radius 1 is 1.25 bits per heavy atom. The minimum Gasteiger partial charge on any atom is -0.484 e. The lowest BCUT2D eigenvalue weighted by Crippen LogP contribution is -2.43. The number of methoxy groups -OCH3 is 1. The quantitative estimate of drug-likeness (QED) is 0.287. The monoisotopic (exact) mass is 574 g/mol. The van der Waals surface area contributed by atoms with Crippen molar-refractivity contribution < 1.29 is 24.1 Å². The van der Waals surface area contributed by atoms with Crippen molar-refractivity contribution in [3.63, 3.8) is 0 Å². The van der Waals surface area contributed by atoms with Crippen molar-refractivity contribution in [3.05, 3.63) is 59.0 Å². The Balaban J connectivity index is 1.33. The van der Waals surface area contributed by atoms with Gasteiger partial charge in [0.05, 0.1) is 47.8 Å². The molecular weight excluding hydrogens is 556 g/mol. The SMILES string of the molecule is COc1cnc2c(-c3nc4c(Cl)cc5c(c4s3)OC[C@@H](CN(C(=O)O)c3ccc(C#N)nc3)O5)cc(C)cc2n1. The maximum Gasteiger partial charge on any atom is 0.411 e. The molecule has 4 heterocycles. The molecule has 0 spiro atoms. The number of hydrogen-bond acceptors (Lipinski definition) is 10. The van der Waals surface area contributed by atoms with E-state index in [0.717, 1.165) is 16.0 Å². The molecule has 3 aromatic heterocycles. The number of benzene rings is 2. The number of carboxylic acid groups (broad SMARTS) is 1. The Morgan fingerprint density at radius 2 is 2.10 bits per heavy atom. The first-order chi connectivity index (χ1) is 19.3. The lowest BCUT2D eigenvalue weighted by Gasteiger charge is -2.30. The molecule has 1 amide bonds. The molecule has 0 unspecified atom stereocenters. The number of nitriles is 1. The van der Waals surface area contributed by atoms with Crippen LogP contribution in [-0.2, 0) is 0 Å². The van der Waals surface area contributed by atoms with Crippen LogP contribution in [0.3, 0.4) is 0 Å². The summed E-state index contributed by atoms with van der Waals surface area (Å²) >= 11 is 8.03. The highest BCUT2D eigenvalue weighted by molar-refractivity contribution is 7.22. The van der Waals surface area contributed by atoms with E-state index in [9.17, 15) is 9.90 Å². The van der Waals surface area contributed by atoms with Crippen molar-refractivity contribution in [2.75, 3.05) is 25.2 Å². The summed E-state index contributed by atoms with van der Waals surface area (Å²) in [6.07, 6.45) is 1.09. The van der Waals surface area contributed by atoms with Gasteiger partial charge in [-0.2, -0.15) is 5.26 Å². The summed E-state index contributed by atoms with van der Waals surface area (Å²) < 4.78 is 18.2. The third-order valence-corrected chi connectivity index (χ3v) is 7.62. The number of thiazole rings is 1. The Bertz CT molecular complexity index is 1840. The number of anilines is 1. The maximum atomic E-state index is 12.0. The second kappa shape index (κ2) is 10.1. The van der Waals surface area contributed by atoms with E-state index in [4.69, 9.17) is 36.1 Å². The molecule has 2 aromatic carbocycles. The number of carbonyl (C=O) groups is 1. The number of amides is 1. The van der Waals surface area contributed by atoms with Crippen LogP contribution in [0.25, 0.3) is 31.8 Å². The summed E-state index contributed by atoms with van der Waals surface area (Å²) in [6, 6.07) is 10.4. The lowest BCUT2D eigenvalue weighted by molar-refractivity contribution is 0.0962. The van der Waals surface area contributed by atoms with Gasteiger partial charge in [-0.1, -0.05) is 11.6 Å². The van der Waals surface area contributed by atoms with Crippen LogP contribution in [0.1, 0.15) is 11.3 Å². The molecule has 1 atom stereocenters. The molecule has 200 valence electrons. The van der Waals surface area contributed by atoms with Crippen LogP contribution in [-0.4, -0.2) is 57.5 Å². The van der Waals surface area contributed by atoms with Gasteiger partial charge in [0, 0.05) is 11.6 Å². The fourth-order valence-electron chi connectivity index (χ4n) is 4.43. The van der Waals surface area contributed by atoms with Gasteiger partial charge in [-0.05, 0) is 36.8 Å². The van der Waals surface area contributed by atoms with Crippen molar-refractivity contribution >= 4 is 56.0 Å². The molecule has 0 fully saturated rings. The van der Waals surface area contributed by atoms with Crippen LogP contribution in [0.4, 0.5) is 10.5 Å². The molecule has 1 aliphatic rings. The number of nitrogens with zero attached hydrogens (tertiary/aromatic N) is 6. The van der Waals surface area contributed by atoms with Crippen molar-refractivity contribution in [3.8, 4) is 34.0 Å². The highest BCUT2D eigenvalue weighted by atomic mass is 35.5. The number of ether oxygens (including phenoxy) is 3. The molecule has 0 radical (unpaired) electrons. The fourth-order valence-corrected chi connectivity index (χ4v) is 5.83. The molecule has 6 rings (SSSR count). The van der Waals surface area contributed by atoms with E-state index in [-0.39, 0.29) is 18.8 Å². The van der Waals surface area contributed by atoms with Crippen LogP contribution in [0, 0.1) is 18.3 Å². The minimum atomic E-state index is -1.19. The van der Waals surface area contributed by atoms with Gasteiger partial charge < -0.3 is 19.3 Å². The summed E-state index contributed by atoms with van der Waals surface area (Å²) in [7, 11) is 1.54. The Morgan fingerprint density at radius 3 is 2.83 bits per heavy atom. The Hall–Kier alpha value is -4.73. The lowest BCUT2D eigenvalue weighted by atomic mass is 10.1. The van der Waals surface area contributed by atoms with E-state index in [1.54, 1.807) is 19.4 Å². The van der Waals surface area contributed by atoms with E-state index < -0.39 is 12.2 Å². The first kappa shape index (κ1) is 25.5. The normalized spacial score (nSPS) is 14.2. The van der Waals surface area contributed by atoms with Crippen molar-refractivity contribution in [1.82, 2.24) is 19.9 Å². The number of aryl methyl sites for hydroxylation is 1. The Kier molecular flexibility index (Phi) is 6.45. The average Bonchev–Trinajstić information content (AvgIpc) is 3.41. The zero-order valence-electron chi connectivity index (χ0n) is 21.1. The number of aromatic nitrogens is 4. The average molecular weight is 575 g/mol. The summed E-state index contributed by atoms with van der Waals surface area (Å²) in [5.41, 5.74) is 4.22. The molecule has 1 N–H and O–H groups in total. The molecular formula is C27H19ClN6O5S. The van der Waals surface area contributed by atoms with Gasteiger partial charge in [0.2, 0.25) is 5.88 Å². The fraction of sp³-hybridized carbons (Fsp3) is 0.185. The van der Waals surface area contributed by atoms with Gasteiger partial charge in [0.15, 0.2) is 17.6 Å². The molecule has 0 bridgehead atoms. The van der Waals surface area contributed by atoms with E-state index >= 15 is 0 Å². The van der Waals surface area contributed by atoms with Crippen LogP contribution < -0.4 is 19.1 Å². The topological polar surface area (TPSA) is 144 Å². The zero-order valence-corrected chi connectivity index (χ0v) is 22.7. The minimum absolute atomic E-state index is 0.0244. The highest BCUT2D eigenvalue weighted by Gasteiger charge is 2.30. The molecule has 0 saturated carbocycles. The Labute approximate surface area is 236 Å². The van der Waals surface area contributed by atoms with Crippen LogP contribution in [0.15, 0.2) is 42.7 Å². The second-order valence-corrected chi connectivity index (χ2v) is 10.3. The first-order valence-electron chi connectivity index (χ1n) is 12.0. The van der Waals surface area contributed by atoms with Gasteiger partial charge in [-0.25, -0.2) is 24.7 Å². The predicted octanol–water partition coefficient (Wildman–Crippen LogP) is 5.47. The van der Waals surface area contributed by atoms with Gasteiger partial charge in [-0.3, -0.25) is 4.90 Å². The number of rotatable bonds is 5. The van der Waals surface area contributed by atoms with Gasteiger partial charge in [-0.15, -0.1) is 11.3 Å². The summed E-state index contributed by atoms with van der Waals surface area (Å²) in [5, 5.41) is 19.8. The summed E-state index contributed by atoms with van der Waals surface area (Å²) in [5.74, 6) is 1.30. The van der Waals surface area contributed by atoms with Crippen LogP contribution >= 0.6 is 22.9 Å². The highest BCUT2D eigenvalue weighted by Crippen LogP contribution is 2.47. The van der Waals surface area contributed by atoms with Crippen molar-refractivity contribution in [2.45, 2.75) is 13.0 Å². The summed E-state index contributed by atoms with van der Waals surface area (Å²) in [6.45, 7) is 2.05. The number of hydrogen-bond donors (Lipinski definition) is 1. The largest absolute Gasteiger partial charge is 0.484 e. The molecule has 0 saturated heterocycles. The van der Waals surface area contributed by atoms with E-state index in [2.05, 4.69) is 15.0 Å². The molecule has 0 aliphatic carbocycles. The van der Waals surface area contributed by atoms with Gasteiger partial charge >= 0.3 is 6.09 Å². The first-order valence-corrected chi connectivity index (χ1v) is 13.1. The van der Waals surface area contributed by atoms with E-state index in [1.165, 1.54) is 29.7 Å². The van der Waals surface area contributed by atoms with E-state index in [0.29, 0.717) is 54.3 Å². The zero-order chi connectivity index (χ0) is 28.0. The molecule has 1 aliphatic heterocycles. The van der Waals surface area contributed by atoms with Crippen LogP contribution in [0.5, 0.6) is 17.4 Å². The van der Waals surface area contributed by atoms with Crippen molar-refractivity contribution in [1.29, 1.82) is 5.26 Å². The predicted molar refractivity (Wildman–Crippen MR) is 149 cm³/mol. The van der Waals surface area contributed by atoms with Gasteiger partial charge in [0.1, 0.15) is 33.6 Å². The van der Waals surface area contributed by atoms with Crippen LogP contribution in [0.2, 0.25) is 5.02 Å². The summed E-state index contributed by atoms with van der Waals surface area (Å²) in [4.78, 5) is 30.9. The van der Waals surface area contributed by atoms with Gasteiger partial charge in [0.25, 0.3) is 0 Å². The van der Waals surface area contributed by atoms with Crippen molar-refractivity contribution in [2.24, 2.45) is 0 Å². The third kappa shape index (κ3) is 4.55. The molecule has 11 nitrogen and oxygen atoms in total. The second-order valence-electron chi connectivity index (χ2n) is 8.93. The molecule has 40 heavy (non-hydrogen) atoms. The number of pyridine rings is 1. The maximum absolute atomic E-state index is 12.0. The molecule has 5 aromatic rings. The van der Waals surface area contributed by atoms with E-state index in [1.807, 2.05) is 25.1 Å². The smallest absolute Gasteiger partial charge is 0.411 e. The standard InChI is InChI=1S/C27H19ClN6O5S/c1-13-5-17(22-19(6-13)32-21(37-2)10-31-22)26-33-23-18(28)7-20-24(25(23)40-26)38-12-16(39-20)11-34(27(35)36)15-4-3-14(8-29)30-9-15/h3-7,9-10,16H,11-12H2,1-2H3,(H,35,36)/t16-/m1/s1. The molecule has 13 heteroatoms.